The van der Waals surface area contributed by atoms with E-state index >= 15 is 0 Å². The van der Waals surface area contributed by atoms with Crippen LogP contribution in [0.15, 0.2) is 30.3 Å². The number of hydrogen-bond acceptors (Lipinski definition) is 2. The Morgan fingerprint density at radius 3 is 2.33 bits per heavy atom. The van der Waals surface area contributed by atoms with E-state index in [2.05, 4.69) is 56.0 Å². The first-order valence-electron chi connectivity index (χ1n) is 6.93. The zero-order chi connectivity index (χ0) is 13.2. The molecule has 0 amide bonds. The Labute approximate surface area is 111 Å². The minimum atomic E-state index is 0.0447. The molecule has 1 aliphatic heterocycles. The van der Waals surface area contributed by atoms with Gasteiger partial charge in [0.25, 0.3) is 0 Å². The second kappa shape index (κ2) is 5.41. The number of rotatable bonds is 4. The number of hydrogen-bond donors (Lipinski definition) is 0. The molecule has 0 radical (unpaired) electrons. The fourth-order valence-corrected chi connectivity index (χ4v) is 2.98. The minimum Gasteiger partial charge on any atom is -0.377 e. The number of likely N-dealkylation sites (tertiary alicyclic amines) is 1. The number of methoxy groups -OCH3 is 1. The van der Waals surface area contributed by atoms with Gasteiger partial charge in [0.15, 0.2) is 0 Å². The molecule has 0 aromatic heterocycles. The van der Waals surface area contributed by atoms with Gasteiger partial charge in [0.05, 0.1) is 5.60 Å². The molecular formula is C16H25NO. The molecule has 0 aliphatic carbocycles. The van der Waals surface area contributed by atoms with Crippen molar-refractivity contribution < 1.29 is 4.74 Å². The van der Waals surface area contributed by atoms with Crippen LogP contribution in [0, 0.1) is 5.92 Å². The van der Waals surface area contributed by atoms with Crippen LogP contribution in [0.4, 0.5) is 0 Å². The van der Waals surface area contributed by atoms with Crippen molar-refractivity contribution in [3.63, 3.8) is 0 Å². The Balaban J connectivity index is 2.09. The zero-order valence-electron chi connectivity index (χ0n) is 12.0. The topological polar surface area (TPSA) is 12.5 Å². The Kier molecular flexibility index (Phi) is 4.08. The molecule has 0 bridgehead atoms. The summed E-state index contributed by atoms with van der Waals surface area (Å²) in [4.78, 5) is 2.54. The Bertz CT molecular complexity index is 376. The van der Waals surface area contributed by atoms with Gasteiger partial charge in [0, 0.05) is 26.2 Å². The standard InChI is InChI=1S/C16H25NO/c1-13(2)16(18-4)10-11-17(12-16)14(3)15-8-6-5-7-9-15/h5-9,13-14H,10-12H2,1-4H3. The monoisotopic (exact) mass is 247 g/mol. The third-order valence-corrected chi connectivity index (χ3v) is 4.58. The van der Waals surface area contributed by atoms with E-state index in [1.165, 1.54) is 5.56 Å². The van der Waals surface area contributed by atoms with Gasteiger partial charge in [-0.25, -0.2) is 0 Å². The molecule has 18 heavy (non-hydrogen) atoms. The first-order valence-corrected chi connectivity index (χ1v) is 6.93. The van der Waals surface area contributed by atoms with E-state index in [1.54, 1.807) is 0 Å². The van der Waals surface area contributed by atoms with Gasteiger partial charge in [-0.2, -0.15) is 0 Å². The highest BCUT2D eigenvalue weighted by Crippen LogP contribution is 2.36. The van der Waals surface area contributed by atoms with Crippen molar-refractivity contribution in [1.29, 1.82) is 0 Å². The van der Waals surface area contributed by atoms with Crippen LogP contribution in [-0.2, 0) is 4.74 Å². The van der Waals surface area contributed by atoms with Crippen molar-refractivity contribution >= 4 is 0 Å². The maximum atomic E-state index is 5.83. The molecule has 1 aliphatic rings. The van der Waals surface area contributed by atoms with Gasteiger partial charge in [0.2, 0.25) is 0 Å². The van der Waals surface area contributed by atoms with Gasteiger partial charge in [0.1, 0.15) is 0 Å². The lowest BCUT2D eigenvalue weighted by Crippen LogP contribution is -2.40. The Hall–Kier alpha value is -0.860. The van der Waals surface area contributed by atoms with E-state index < -0.39 is 0 Å². The van der Waals surface area contributed by atoms with E-state index in [9.17, 15) is 0 Å². The van der Waals surface area contributed by atoms with Crippen LogP contribution in [-0.4, -0.2) is 30.7 Å². The fraction of sp³-hybridized carbons (Fsp3) is 0.625. The summed E-state index contributed by atoms with van der Waals surface area (Å²) in [6, 6.07) is 11.2. The second-order valence-electron chi connectivity index (χ2n) is 5.73. The van der Waals surface area contributed by atoms with E-state index in [4.69, 9.17) is 4.74 Å². The molecule has 2 nitrogen and oxygen atoms in total. The highest BCUT2D eigenvalue weighted by molar-refractivity contribution is 5.19. The highest BCUT2D eigenvalue weighted by Gasteiger charge is 2.42. The number of ether oxygens (including phenoxy) is 1. The maximum Gasteiger partial charge on any atom is 0.0840 e. The molecule has 2 rings (SSSR count). The molecule has 2 unspecified atom stereocenters. The van der Waals surface area contributed by atoms with Gasteiger partial charge in [-0.3, -0.25) is 4.90 Å². The van der Waals surface area contributed by atoms with Crippen LogP contribution in [0.1, 0.15) is 38.8 Å². The van der Waals surface area contributed by atoms with Crippen LogP contribution in [0.5, 0.6) is 0 Å². The lowest BCUT2D eigenvalue weighted by atomic mass is 9.89. The van der Waals surface area contributed by atoms with E-state index in [1.807, 2.05) is 7.11 Å². The highest BCUT2D eigenvalue weighted by atomic mass is 16.5. The van der Waals surface area contributed by atoms with Crippen molar-refractivity contribution in [1.82, 2.24) is 4.90 Å². The number of nitrogens with zero attached hydrogens (tertiary/aromatic N) is 1. The molecule has 1 heterocycles. The van der Waals surface area contributed by atoms with E-state index in [-0.39, 0.29) is 5.60 Å². The summed E-state index contributed by atoms with van der Waals surface area (Å²) >= 11 is 0. The normalized spacial score (nSPS) is 26.7. The summed E-state index contributed by atoms with van der Waals surface area (Å²) < 4.78 is 5.83. The first-order chi connectivity index (χ1) is 8.59. The quantitative estimate of drug-likeness (QED) is 0.807. The summed E-state index contributed by atoms with van der Waals surface area (Å²) in [5.41, 5.74) is 1.44. The van der Waals surface area contributed by atoms with Crippen molar-refractivity contribution in [3.05, 3.63) is 35.9 Å². The molecule has 1 aromatic rings. The third-order valence-electron chi connectivity index (χ3n) is 4.58. The molecular weight excluding hydrogens is 222 g/mol. The van der Waals surface area contributed by atoms with E-state index in [0.717, 1.165) is 19.5 Å². The van der Waals surface area contributed by atoms with Gasteiger partial charge in [-0.05, 0) is 24.8 Å². The third kappa shape index (κ3) is 2.45. The largest absolute Gasteiger partial charge is 0.377 e. The van der Waals surface area contributed by atoms with Crippen LogP contribution >= 0.6 is 0 Å². The first kappa shape index (κ1) is 13.6. The van der Waals surface area contributed by atoms with Gasteiger partial charge >= 0.3 is 0 Å². The molecule has 1 aromatic carbocycles. The lowest BCUT2D eigenvalue weighted by Gasteiger charge is -2.33. The lowest BCUT2D eigenvalue weighted by molar-refractivity contribution is -0.0406. The molecule has 0 N–H and O–H groups in total. The predicted molar refractivity (Wildman–Crippen MR) is 75.6 cm³/mol. The Morgan fingerprint density at radius 2 is 1.83 bits per heavy atom. The fourth-order valence-electron chi connectivity index (χ4n) is 2.98. The second-order valence-corrected chi connectivity index (χ2v) is 5.73. The van der Waals surface area contributed by atoms with Gasteiger partial charge < -0.3 is 4.74 Å². The molecule has 100 valence electrons. The molecule has 2 atom stereocenters. The summed E-state index contributed by atoms with van der Waals surface area (Å²) in [6.07, 6.45) is 1.14. The molecule has 1 fully saturated rings. The summed E-state index contributed by atoms with van der Waals surface area (Å²) in [6.45, 7) is 8.99. The van der Waals surface area contributed by atoms with Crippen LogP contribution in [0.3, 0.4) is 0 Å². The predicted octanol–water partition coefficient (Wildman–Crippen LogP) is 3.49. The maximum absolute atomic E-state index is 5.83. The van der Waals surface area contributed by atoms with Gasteiger partial charge in [-0.1, -0.05) is 44.2 Å². The van der Waals surface area contributed by atoms with Crippen molar-refractivity contribution in [2.45, 2.75) is 38.8 Å². The van der Waals surface area contributed by atoms with E-state index in [0.29, 0.717) is 12.0 Å². The SMILES string of the molecule is COC1(C(C)C)CCN(C(C)c2ccccc2)C1. The molecule has 0 spiro atoms. The van der Waals surface area contributed by atoms with Crippen LogP contribution in [0.2, 0.25) is 0 Å². The minimum absolute atomic E-state index is 0.0447. The molecule has 2 heteroatoms. The van der Waals surface area contributed by atoms with Crippen molar-refractivity contribution in [2.24, 2.45) is 5.92 Å². The average Bonchev–Trinajstić information content (AvgIpc) is 2.84. The van der Waals surface area contributed by atoms with Crippen molar-refractivity contribution in [3.8, 4) is 0 Å². The summed E-state index contributed by atoms with van der Waals surface area (Å²) in [7, 11) is 1.86. The van der Waals surface area contributed by atoms with Gasteiger partial charge in [-0.15, -0.1) is 0 Å². The molecule has 1 saturated heterocycles. The molecule has 0 saturated carbocycles. The average molecular weight is 247 g/mol. The van der Waals surface area contributed by atoms with Crippen LogP contribution < -0.4 is 0 Å². The number of benzene rings is 1. The smallest absolute Gasteiger partial charge is 0.0840 e. The van der Waals surface area contributed by atoms with Crippen LogP contribution in [0.25, 0.3) is 0 Å². The summed E-state index contributed by atoms with van der Waals surface area (Å²) in [5, 5.41) is 0. The summed E-state index contributed by atoms with van der Waals surface area (Å²) in [5.74, 6) is 0.565. The zero-order valence-corrected chi connectivity index (χ0v) is 12.0. The Morgan fingerprint density at radius 1 is 1.17 bits per heavy atom. The van der Waals surface area contributed by atoms with Crippen molar-refractivity contribution in [2.75, 3.05) is 20.2 Å².